The molecule has 1 heterocycles. The molecule has 0 bridgehead atoms. The van der Waals surface area contributed by atoms with Crippen LogP contribution in [0.5, 0.6) is 0 Å². The molecule has 9 heteroatoms. The van der Waals surface area contributed by atoms with Crippen molar-refractivity contribution in [1.29, 1.82) is 0 Å². The van der Waals surface area contributed by atoms with Gasteiger partial charge < -0.3 is 25.6 Å². The maximum Gasteiger partial charge on any atom is 0.292 e. The Hall–Kier alpha value is -3.20. The fourth-order valence-corrected chi connectivity index (χ4v) is 2.70. The van der Waals surface area contributed by atoms with Crippen LogP contribution in [0.3, 0.4) is 0 Å². The summed E-state index contributed by atoms with van der Waals surface area (Å²) in [7, 11) is 3.16. The van der Waals surface area contributed by atoms with Crippen LogP contribution in [0.25, 0.3) is 0 Å². The fourth-order valence-electron chi connectivity index (χ4n) is 2.70. The summed E-state index contributed by atoms with van der Waals surface area (Å²) >= 11 is 0. The van der Waals surface area contributed by atoms with Crippen molar-refractivity contribution in [2.45, 2.75) is 39.3 Å². The first-order chi connectivity index (χ1) is 13.9. The van der Waals surface area contributed by atoms with Gasteiger partial charge in [-0.05, 0) is 52.0 Å². The van der Waals surface area contributed by atoms with Gasteiger partial charge in [-0.1, -0.05) is 0 Å². The molecule has 4 N–H and O–H groups in total. The number of carbonyl (C=O) groups excluding carboxylic acids is 3. The van der Waals surface area contributed by atoms with E-state index in [0.717, 1.165) is 0 Å². The van der Waals surface area contributed by atoms with Crippen LogP contribution in [0, 0.1) is 12.7 Å². The van der Waals surface area contributed by atoms with Gasteiger partial charge in [0.2, 0.25) is 0 Å². The van der Waals surface area contributed by atoms with Gasteiger partial charge in [-0.3, -0.25) is 14.4 Å². The highest BCUT2D eigenvalue weighted by molar-refractivity contribution is 6.43. The van der Waals surface area contributed by atoms with E-state index in [1.54, 1.807) is 27.9 Å². The molecule has 0 saturated carbocycles. The van der Waals surface area contributed by atoms with Gasteiger partial charge in [0.05, 0.1) is 17.3 Å². The van der Waals surface area contributed by atoms with Crippen molar-refractivity contribution in [2.24, 2.45) is 7.05 Å². The minimum atomic E-state index is -1.20. The molecule has 0 aliphatic carbocycles. The summed E-state index contributed by atoms with van der Waals surface area (Å²) in [5, 5.41) is 17.8. The van der Waals surface area contributed by atoms with Crippen molar-refractivity contribution in [3.05, 3.63) is 47.0 Å². The summed E-state index contributed by atoms with van der Waals surface area (Å²) in [6.07, 6.45) is 0. The Labute approximate surface area is 174 Å². The Balaban J connectivity index is 2.24. The zero-order valence-corrected chi connectivity index (χ0v) is 17.9. The molecule has 0 spiro atoms. The van der Waals surface area contributed by atoms with E-state index in [9.17, 15) is 23.9 Å². The average Bonchev–Trinajstić information content (AvgIpc) is 2.97. The van der Waals surface area contributed by atoms with Gasteiger partial charge in [-0.15, -0.1) is 0 Å². The quantitative estimate of drug-likeness (QED) is 0.407. The lowest BCUT2D eigenvalue weighted by atomic mass is 10.0. The summed E-state index contributed by atoms with van der Waals surface area (Å²) in [6.45, 7) is 6.25. The molecule has 2 amide bonds. The van der Waals surface area contributed by atoms with Crippen molar-refractivity contribution < 1.29 is 23.9 Å². The second-order valence-corrected chi connectivity index (χ2v) is 7.66. The minimum Gasteiger partial charge on any atom is -0.388 e. The van der Waals surface area contributed by atoms with E-state index in [-0.39, 0.29) is 16.9 Å². The molecule has 0 fully saturated rings. The summed E-state index contributed by atoms with van der Waals surface area (Å²) in [4.78, 5) is 37.6. The van der Waals surface area contributed by atoms with Gasteiger partial charge in [0, 0.05) is 31.0 Å². The van der Waals surface area contributed by atoms with E-state index < -0.39 is 35.1 Å². The van der Waals surface area contributed by atoms with Gasteiger partial charge in [-0.25, -0.2) is 4.39 Å². The topological polar surface area (TPSA) is 112 Å². The SMILES string of the molecule is CNc1cc(NC(=O)c2cc(C(=O)C(=O)NC(C)C(C)(C)O)c(C)n2C)ccc1F. The smallest absolute Gasteiger partial charge is 0.292 e. The summed E-state index contributed by atoms with van der Waals surface area (Å²) < 4.78 is 15.1. The van der Waals surface area contributed by atoms with Crippen molar-refractivity contribution in [3.8, 4) is 0 Å². The number of amides is 2. The number of carbonyl (C=O) groups is 3. The number of hydrogen-bond acceptors (Lipinski definition) is 5. The molecule has 2 rings (SSSR count). The van der Waals surface area contributed by atoms with Crippen LogP contribution in [-0.4, -0.2) is 46.0 Å². The van der Waals surface area contributed by atoms with Gasteiger partial charge >= 0.3 is 0 Å². The molecule has 0 aliphatic heterocycles. The van der Waals surface area contributed by atoms with Crippen molar-refractivity contribution >= 4 is 29.0 Å². The van der Waals surface area contributed by atoms with Crippen LogP contribution in [0.15, 0.2) is 24.3 Å². The standard InChI is InChI=1S/C21H27FN4O4/c1-11-14(18(27)20(29)24-12(2)21(3,4)30)10-17(26(11)6)19(28)25-13-7-8-15(22)16(9-13)23-5/h7-10,12,23,30H,1-6H3,(H,24,29)(H,25,28). The zero-order chi connectivity index (χ0) is 22.8. The second-order valence-electron chi connectivity index (χ2n) is 7.66. The van der Waals surface area contributed by atoms with Crippen LogP contribution in [0.4, 0.5) is 15.8 Å². The van der Waals surface area contributed by atoms with Crippen LogP contribution in [-0.2, 0) is 11.8 Å². The number of rotatable bonds is 7. The first-order valence-electron chi connectivity index (χ1n) is 9.39. The van der Waals surface area contributed by atoms with Crippen LogP contribution < -0.4 is 16.0 Å². The minimum absolute atomic E-state index is 0.0816. The number of ketones is 1. The summed E-state index contributed by atoms with van der Waals surface area (Å²) in [5.74, 6) is -2.65. The molecule has 8 nitrogen and oxygen atoms in total. The second kappa shape index (κ2) is 8.66. The number of nitrogens with zero attached hydrogens (tertiary/aromatic N) is 1. The molecule has 30 heavy (non-hydrogen) atoms. The average molecular weight is 418 g/mol. The van der Waals surface area contributed by atoms with Gasteiger partial charge in [0.25, 0.3) is 17.6 Å². The third-order valence-electron chi connectivity index (χ3n) is 5.12. The molecule has 162 valence electrons. The largest absolute Gasteiger partial charge is 0.388 e. The number of halogens is 1. The van der Waals surface area contributed by atoms with E-state index in [1.807, 2.05) is 0 Å². The number of anilines is 2. The summed E-state index contributed by atoms with van der Waals surface area (Å²) in [5.41, 5.74) is 0.0751. The van der Waals surface area contributed by atoms with Crippen LogP contribution in [0.2, 0.25) is 0 Å². The highest BCUT2D eigenvalue weighted by Crippen LogP contribution is 2.21. The molecule has 1 unspecified atom stereocenters. The number of aromatic nitrogens is 1. The number of benzene rings is 1. The Kier molecular flexibility index (Phi) is 6.66. The number of Topliss-reactive ketones (excluding diaryl/α,β-unsaturated/α-hetero) is 1. The van der Waals surface area contributed by atoms with E-state index in [1.165, 1.54) is 42.7 Å². The molecule has 0 aliphatic rings. The fraction of sp³-hybridized carbons (Fsp3) is 0.381. The van der Waals surface area contributed by atoms with E-state index in [0.29, 0.717) is 11.4 Å². The molecule has 1 aromatic heterocycles. The normalized spacial score (nSPS) is 12.3. The lowest BCUT2D eigenvalue weighted by molar-refractivity contribution is -0.119. The molecule has 0 saturated heterocycles. The van der Waals surface area contributed by atoms with E-state index >= 15 is 0 Å². The highest BCUT2D eigenvalue weighted by atomic mass is 19.1. The Bertz CT molecular complexity index is 992. The third kappa shape index (κ3) is 4.85. The molecule has 0 radical (unpaired) electrons. The monoisotopic (exact) mass is 418 g/mol. The van der Waals surface area contributed by atoms with Gasteiger partial charge in [-0.2, -0.15) is 0 Å². The highest BCUT2D eigenvalue weighted by Gasteiger charge is 2.29. The Morgan fingerprint density at radius 1 is 1.20 bits per heavy atom. The molecule has 2 aromatic rings. The Morgan fingerprint density at radius 2 is 1.83 bits per heavy atom. The van der Waals surface area contributed by atoms with Crippen LogP contribution in [0.1, 0.15) is 47.3 Å². The van der Waals surface area contributed by atoms with Gasteiger partial charge in [0.1, 0.15) is 11.5 Å². The lowest BCUT2D eigenvalue weighted by Crippen LogP contribution is -2.49. The van der Waals surface area contributed by atoms with Crippen molar-refractivity contribution in [3.63, 3.8) is 0 Å². The first-order valence-corrected chi connectivity index (χ1v) is 9.39. The molecular weight excluding hydrogens is 391 g/mol. The molecule has 1 atom stereocenters. The van der Waals surface area contributed by atoms with E-state index in [4.69, 9.17) is 0 Å². The maximum atomic E-state index is 13.6. The number of aliphatic hydroxyl groups is 1. The zero-order valence-electron chi connectivity index (χ0n) is 17.9. The number of nitrogens with one attached hydrogen (secondary N) is 3. The van der Waals surface area contributed by atoms with E-state index in [2.05, 4.69) is 16.0 Å². The third-order valence-corrected chi connectivity index (χ3v) is 5.12. The van der Waals surface area contributed by atoms with Crippen molar-refractivity contribution in [1.82, 2.24) is 9.88 Å². The van der Waals surface area contributed by atoms with Gasteiger partial charge in [0.15, 0.2) is 0 Å². The molecule has 1 aromatic carbocycles. The predicted molar refractivity (Wildman–Crippen MR) is 112 cm³/mol. The lowest BCUT2D eigenvalue weighted by Gasteiger charge is -2.26. The first kappa shape index (κ1) is 23.1. The number of hydrogen-bond donors (Lipinski definition) is 4. The molecular formula is C21H27FN4O4. The Morgan fingerprint density at radius 3 is 2.40 bits per heavy atom. The summed E-state index contributed by atoms with van der Waals surface area (Å²) in [6, 6.07) is 4.77. The predicted octanol–water partition coefficient (Wildman–Crippen LogP) is 2.22. The van der Waals surface area contributed by atoms with Crippen LogP contribution >= 0.6 is 0 Å². The van der Waals surface area contributed by atoms with Crippen molar-refractivity contribution in [2.75, 3.05) is 17.7 Å². The maximum absolute atomic E-state index is 13.6.